The second-order valence-electron chi connectivity index (χ2n) is 10.2. The maximum Gasteiger partial charge on any atom is 0.290 e. The van der Waals surface area contributed by atoms with Crippen molar-refractivity contribution >= 4 is 51.9 Å². The summed E-state index contributed by atoms with van der Waals surface area (Å²) in [6.45, 7) is 0.305. The van der Waals surface area contributed by atoms with E-state index in [1.165, 1.54) is 4.90 Å². The lowest BCUT2D eigenvalue weighted by Crippen LogP contribution is -2.54. The monoisotopic (exact) mass is 593 g/mol. The fourth-order valence-electron chi connectivity index (χ4n) is 5.09. The number of fused-ring (bicyclic) bond motifs is 1. The number of hydrogen-bond acceptors (Lipinski definition) is 5. The largest absolute Gasteiger partial charge is 0.451 e. The molecule has 1 aliphatic rings. The van der Waals surface area contributed by atoms with Crippen molar-refractivity contribution in [2.75, 3.05) is 13.6 Å². The lowest BCUT2D eigenvalue weighted by atomic mass is 10.0. The van der Waals surface area contributed by atoms with Crippen molar-refractivity contribution in [2.24, 2.45) is 0 Å². The molecule has 1 saturated heterocycles. The summed E-state index contributed by atoms with van der Waals surface area (Å²) in [5, 5.41) is 14.8. The van der Waals surface area contributed by atoms with Crippen molar-refractivity contribution in [3.8, 4) is 0 Å². The zero-order valence-corrected chi connectivity index (χ0v) is 23.8. The molecular formula is C31H29Cl2N3O5. The molecule has 5 rings (SSSR count). The molecule has 1 fully saturated rings. The Kier molecular flexibility index (Phi) is 8.63. The van der Waals surface area contributed by atoms with Crippen LogP contribution in [0.3, 0.4) is 0 Å². The van der Waals surface area contributed by atoms with Gasteiger partial charge in [0.1, 0.15) is 17.7 Å². The number of aliphatic hydroxyl groups excluding tert-OH is 1. The number of β-amino-alcohol motifs (C(OH)–C–C–N with tert-alkyl or cyclic N) is 1. The second-order valence-corrected chi connectivity index (χ2v) is 11.0. The Hall–Kier alpha value is -3.85. The Balaban J connectivity index is 1.37. The SMILES string of the molecule is CN(Cc1ccccc1)C(=O)C(Cc1ccc(Cl)c(Cl)c1)NC(=O)C1CC(O)CN1C(=O)c1cc2ccccc2o1. The number of carbonyl (C=O) groups is 3. The van der Waals surface area contributed by atoms with Crippen LogP contribution in [0.25, 0.3) is 11.0 Å². The number of nitrogens with one attached hydrogen (secondary N) is 1. The van der Waals surface area contributed by atoms with E-state index in [4.69, 9.17) is 27.6 Å². The van der Waals surface area contributed by atoms with E-state index in [0.717, 1.165) is 10.9 Å². The molecule has 4 aromatic rings. The summed E-state index contributed by atoms with van der Waals surface area (Å²) in [6, 6.07) is 21.4. The predicted molar refractivity (Wildman–Crippen MR) is 157 cm³/mol. The Labute approximate surface area is 247 Å². The molecule has 2 heterocycles. The van der Waals surface area contributed by atoms with Crippen LogP contribution in [-0.2, 0) is 22.6 Å². The molecule has 0 spiro atoms. The van der Waals surface area contributed by atoms with Crippen LogP contribution < -0.4 is 5.32 Å². The molecule has 0 aliphatic carbocycles. The van der Waals surface area contributed by atoms with Gasteiger partial charge in [-0.25, -0.2) is 0 Å². The number of nitrogens with zero attached hydrogens (tertiary/aromatic N) is 2. The van der Waals surface area contributed by atoms with Crippen LogP contribution in [-0.4, -0.2) is 64.4 Å². The highest BCUT2D eigenvalue weighted by Gasteiger charge is 2.41. The standard InChI is InChI=1S/C31H29Cl2N3O5/c1-35(17-19-7-3-2-4-8-19)30(39)25(14-20-11-12-23(32)24(33)13-20)34-29(38)26-16-22(37)18-36(26)31(40)28-15-21-9-5-6-10-27(21)41-28/h2-13,15,22,25-26,37H,14,16-18H2,1H3,(H,34,38). The van der Waals surface area contributed by atoms with Gasteiger partial charge in [-0.2, -0.15) is 0 Å². The summed E-state index contributed by atoms with van der Waals surface area (Å²) in [4.78, 5) is 43.6. The van der Waals surface area contributed by atoms with E-state index in [1.54, 1.807) is 48.3 Å². The molecule has 10 heteroatoms. The van der Waals surface area contributed by atoms with Gasteiger partial charge in [0.2, 0.25) is 11.8 Å². The number of likely N-dealkylation sites (N-methyl/N-ethyl adjacent to an activating group) is 1. The van der Waals surface area contributed by atoms with Crippen LogP contribution in [0.15, 0.2) is 83.3 Å². The molecule has 3 unspecified atom stereocenters. The molecule has 1 aromatic heterocycles. The zero-order chi connectivity index (χ0) is 29.1. The van der Waals surface area contributed by atoms with Crippen molar-refractivity contribution in [1.29, 1.82) is 0 Å². The van der Waals surface area contributed by atoms with Crippen molar-refractivity contribution < 1.29 is 23.9 Å². The number of benzene rings is 3. The summed E-state index contributed by atoms with van der Waals surface area (Å²) in [5.74, 6) is -1.30. The lowest BCUT2D eigenvalue weighted by Gasteiger charge is -2.28. The summed E-state index contributed by atoms with van der Waals surface area (Å²) in [6.07, 6.45) is -0.720. The highest BCUT2D eigenvalue weighted by atomic mass is 35.5. The van der Waals surface area contributed by atoms with Crippen LogP contribution in [0.1, 0.15) is 28.1 Å². The van der Waals surface area contributed by atoms with Gasteiger partial charge in [0, 0.05) is 38.4 Å². The Bertz CT molecular complexity index is 1540. The van der Waals surface area contributed by atoms with Crippen LogP contribution in [0.4, 0.5) is 0 Å². The second kappa shape index (κ2) is 12.3. The van der Waals surface area contributed by atoms with E-state index in [-0.39, 0.29) is 31.1 Å². The molecule has 41 heavy (non-hydrogen) atoms. The first-order valence-electron chi connectivity index (χ1n) is 13.2. The average molecular weight is 594 g/mol. The number of hydrogen-bond donors (Lipinski definition) is 2. The number of carbonyl (C=O) groups excluding carboxylic acids is 3. The molecule has 0 radical (unpaired) electrons. The maximum absolute atomic E-state index is 13.7. The van der Waals surface area contributed by atoms with Gasteiger partial charge in [-0.1, -0.05) is 77.8 Å². The maximum atomic E-state index is 13.7. The topological polar surface area (TPSA) is 103 Å². The Morgan fingerprint density at radius 2 is 1.73 bits per heavy atom. The van der Waals surface area contributed by atoms with Gasteiger partial charge in [0.05, 0.1) is 16.1 Å². The van der Waals surface area contributed by atoms with E-state index in [2.05, 4.69) is 5.32 Å². The van der Waals surface area contributed by atoms with Gasteiger partial charge < -0.3 is 24.6 Å². The van der Waals surface area contributed by atoms with Crippen molar-refractivity contribution in [1.82, 2.24) is 15.1 Å². The Morgan fingerprint density at radius 3 is 2.46 bits per heavy atom. The quantitative estimate of drug-likeness (QED) is 0.308. The van der Waals surface area contributed by atoms with Crippen molar-refractivity contribution in [3.05, 3.63) is 106 Å². The molecule has 0 saturated carbocycles. The molecule has 0 bridgehead atoms. The summed E-state index contributed by atoms with van der Waals surface area (Å²) in [5.41, 5.74) is 2.18. The third kappa shape index (κ3) is 6.56. The predicted octanol–water partition coefficient (Wildman–Crippen LogP) is 4.70. The van der Waals surface area contributed by atoms with Gasteiger partial charge >= 0.3 is 0 Å². The van der Waals surface area contributed by atoms with Gasteiger partial charge in [-0.05, 0) is 35.4 Å². The molecular weight excluding hydrogens is 565 g/mol. The summed E-state index contributed by atoms with van der Waals surface area (Å²) >= 11 is 12.3. The van der Waals surface area contributed by atoms with E-state index >= 15 is 0 Å². The fraction of sp³-hybridized carbons (Fsp3) is 0.258. The number of likely N-dealkylation sites (tertiary alicyclic amines) is 1. The minimum Gasteiger partial charge on any atom is -0.451 e. The van der Waals surface area contributed by atoms with E-state index < -0.39 is 30.0 Å². The third-order valence-corrected chi connectivity index (χ3v) is 7.90. The number of aliphatic hydroxyl groups is 1. The number of amides is 3. The van der Waals surface area contributed by atoms with Crippen molar-refractivity contribution in [2.45, 2.75) is 37.6 Å². The molecule has 2 N–H and O–H groups in total. The van der Waals surface area contributed by atoms with E-state index in [9.17, 15) is 19.5 Å². The summed E-state index contributed by atoms with van der Waals surface area (Å²) < 4.78 is 5.72. The lowest BCUT2D eigenvalue weighted by molar-refractivity contribution is -0.136. The van der Waals surface area contributed by atoms with Crippen LogP contribution >= 0.6 is 23.2 Å². The number of halogens is 2. The number of rotatable bonds is 8. The first-order chi connectivity index (χ1) is 19.7. The van der Waals surface area contributed by atoms with E-state index in [0.29, 0.717) is 27.7 Å². The van der Waals surface area contributed by atoms with E-state index in [1.807, 2.05) is 42.5 Å². The van der Waals surface area contributed by atoms with Gasteiger partial charge in [-0.15, -0.1) is 0 Å². The minimum absolute atomic E-state index is 0.0331. The number of furan rings is 1. The Morgan fingerprint density at radius 1 is 1.00 bits per heavy atom. The third-order valence-electron chi connectivity index (χ3n) is 7.16. The minimum atomic E-state index is -0.991. The molecule has 8 nitrogen and oxygen atoms in total. The summed E-state index contributed by atoms with van der Waals surface area (Å²) in [7, 11) is 1.67. The number of para-hydroxylation sites is 1. The average Bonchev–Trinajstić information content (AvgIpc) is 3.58. The highest BCUT2D eigenvalue weighted by molar-refractivity contribution is 6.42. The van der Waals surface area contributed by atoms with Crippen molar-refractivity contribution in [3.63, 3.8) is 0 Å². The first-order valence-corrected chi connectivity index (χ1v) is 14.0. The molecule has 3 aromatic carbocycles. The van der Waals surface area contributed by atoms with Crippen LogP contribution in [0, 0.1) is 0 Å². The first kappa shape index (κ1) is 28.7. The highest BCUT2D eigenvalue weighted by Crippen LogP contribution is 2.26. The molecule has 212 valence electrons. The zero-order valence-electron chi connectivity index (χ0n) is 22.3. The molecule has 1 aliphatic heterocycles. The smallest absolute Gasteiger partial charge is 0.290 e. The van der Waals surface area contributed by atoms with Gasteiger partial charge in [-0.3, -0.25) is 14.4 Å². The van der Waals surface area contributed by atoms with Gasteiger partial charge in [0.15, 0.2) is 5.76 Å². The van der Waals surface area contributed by atoms with Gasteiger partial charge in [0.25, 0.3) is 5.91 Å². The fourth-order valence-corrected chi connectivity index (χ4v) is 5.41. The molecule has 3 amide bonds. The van der Waals surface area contributed by atoms with Crippen LogP contribution in [0.5, 0.6) is 0 Å². The molecule has 3 atom stereocenters. The van der Waals surface area contributed by atoms with Crippen LogP contribution in [0.2, 0.25) is 10.0 Å². The normalized spacial score (nSPS) is 17.4.